The summed E-state index contributed by atoms with van der Waals surface area (Å²) in [6, 6.07) is 8.77. The van der Waals surface area contributed by atoms with Crippen molar-refractivity contribution in [3.8, 4) is 11.7 Å². The molecule has 0 bridgehead atoms. The average molecular weight is 270 g/mol. The van der Waals surface area contributed by atoms with E-state index in [4.69, 9.17) is 8.94 Å². The van der Waals surface area contributed by atoms with Gasteiger partial charge < -0.3 is 8.94 Å². The third kappa shape index (κ3) is 2.41. The maximum absolute atomic E-state index is 12.0. The summed E-state index contributed by atoms with van der Waals surface area (Å²) in [5.74, 6) is 0.178. The molecule has 20 heavy (non-hydrogen) atoms. The van der Waals surface area contributed by atoms with E-state index in [9.17, 15) is 4.79 Å². The van der Waals surface area contributed by atoms with E-state index in [0.717, 1.165) is 5.56 Å². The van der Waals surface area contributed by atoms with Gasteiger partial charge in [-0.25, -0.2) is 0 Å². The highest BCUT2D eigenvalue weighted by Gasteiger charge is 2.14. The lowest BCUT2D eigenvalue weighted by atomic mass is 10.1. The minimum atomic E-state index is -0.318. The second-order valence-electron chi connectivity index (χ2n) is 4.11. The maximum Gasteiger partial charge on any atom is 0.322 e. The Balaban J connectivity index is 1.77. The van der Waals surface area contributed by atoms with Gasteiger partial charge in [-0.05, 0) is 19.1 Å². The zero-order valence-electron chi connectivity index (χ0n) is 10.5. The first-order valence-corrected chi connectivity index (χ1v) is 5.85. The predicted octanol–water partition coefficient (Wildman–Crippen LogP) is 2.29. The van der Waals surface area contributed by atoms with Crippen LogP contribution in [0.4, 0.5) is 6.01 Å². The summed E-state index contributed by atoms with van der Waals surface area (Å²) >= 11 is 0. The molecule has 2 heterocycles. The van der Waals surface area contributed by atoms with Crippen LogP contribution in [0, 0.1) is 6.92 Å². The number of carbonyl (C=O) groups is 1. The van der Waals surface area contributed by atoms with Gasteiger partial charge in [-0.15, -0.1) is 5.10 Å². The second-order valence-corrected chi connectivity index (χ2v) is 4.11. The molecular weight excluding hydrogens is 260 g/mol. The number of carbonyl (C=O) groups excluding carboxylic acids is 1. The molecule has 0 radical (unpaired) electrons. The summed E-state index contributed by atoms with van der Waals surface area (Å²) in [5.41, 5.74) is 1.51. The van der Waals surface area contributed by atoms with Crippen molar-refractivity contribution >= 4 is 11.9 Å². The Morgan fingerprint density at radius 2 is 2.15 bits per heavy atom. The molecule has 0 saturated heterocycles. The maximum atomic E-state index is 12.0. The number of amides is 1. The SMILES string of the molecule is Cc1cccc(C(=O)Nc2nnc(-c3ccno3)o2)c1. The summed E-state index contributed by atoms with van der Waals surface area (Å²) in [6.07, 6.45) is 1.46. The summed E-state index contributed by atoms with van der Waals surface area (Å²) < 4.78 is 10.1. The monoisotopic (exact) mass is 270 g/mol. The Kier molecular flexibility index (Phi) is 3.00. The molecule has 7 nitrogen and oxygen atoms in total. The number of benzene rings is 1. The zero-order chi connectivity index (χ0) is 13.9. The van der Waals surface area contributed by atoms with Gasteiger partial charge in [-0.2, -0.15) is 0 Å². The van der Waals surface area contributed by atoms with Gasteiger partial charge >= 0.3 is 6.01 Å². The minimum absolute atomic E-state index is 0.00269. The van der Waals surface area contributed by atoms with Crippen molar-refractivity contribution in [2.24, 2.45) is 0 Å². The van der Waals surface area contributed by atoms with Crippen molar-refractivity contribution in [1.82, 2.24) is 15.4 Å². The minimum Gasteiger partial charge on any atom is -0.400 e. The standard InChI is InChI=1S/C13H10N4O3/c1-8-3-2-4-9(7-8)11(18)15-13-17-16-12(19-13)10-5-6-14-20-10/h2-7H,1H3,(H,15,17,18). The van der Waals surface area contributed by atoms with Crippen LogP contribution < -0.4 is 5.32 Å². The van der Waals surface area contributed by atoms with Crippen LogP contribution in [0.3, 0.4) is 0 Å². The fourth-order valence-corrected chi connectivity index (χ4v) is 1.66. The summed E-state index contributed by atoms with van der Waals surface area (Å²) in [4.78, 5) is 12.0. The lowest BCUT2D eigenvalue weighted by Gasteiger charge is -2.01. The molecular formula is C13H10N4O3. The number of rotatable bonds is 3. The lowest BCUT2D eigenvalue weighted by molar-refractivity contribution is 0.102. The molecule has 0 spiro atoms. The van der Waals surface area contributed by atoms with Crippen LogP contribution in [0.1, 0.15) is 15.9 Å². The molecule has 0 saturated carbocycles. The first-order chi connectivity index (χ1) is 9.72. The summed E-state index contributed by atoms with van der Waals surface area (Å²) in [5, 5.41) is 13.5. The predicted molar refractivity (Wildman–Crippen MR) is 68.9 cm³/mol. The topological polar surface area (TPSA) is 94.1 Å². The fourth-order valence-electron chi connectivity index (χ4n) is 1.66. The van der Waals surface area contributed by atoms with Crippen molar-refractivity contribution in [3.63, 3.8) is 0 Å². The highest BCUT2D eigenvalue weighted by Crippen LogP contribution is 2.19. The van der Waals surface area contributed by atoms with Gasteiger partial charge in [0.25, 0.3) is 11.8 Å². The van der Waals surface area contributed by atoms with Crippen molar-refractivity contribution in [2.75, 3.05) is 5.32 Å². The smallest absolute Gasteiger partial charge is 0.322 e. The van der Waals surface area contributed by atoms with Crippen molar-refractivity contribution < 1.29 is 13.7 Å². The molecule has 1 aromatic carbocycles. The van der Waals surface area contributed by atoms with Crippen LogP contribution >= 0.6 is 0 Å². The Labute approximate surface area is 113 Å². The van der Waals surface area contributed by atoms with Crippen LogP contribution in [0.2, 0.25) is 0 Å². The largest absolute Gasteiger partial charge is 0.400 e. The van der Waals surface area contributed by atoms with Crippen molar-refractivity contribution in [3.05, 3.63) is 47.7 Å². The molecule has 1 N–H and O–H groups in total. The van der Waals surface area contributed by atoms with Gasteiger partial charge in [0.2, 0.25) is 5.76 Å². The van der Waals surface area contributed by atoms with Crippen LogP contribution in [0.5, 0.6) is 0 Å². The lowest BCUT2D eigenvalue weighted by Crippen LogP contribution is -2.12. The Morgan fingerprint density at radius 3 is 2.90 bits per heavy atom. The quantitative estimate of drug-likeness (QED) is 0.784. The molecule has 0 aliphatic carbocycles. The molecule has 3 aromatic rings. The Bertz CT molecular complexity index is 734. The molecule has 0 atom stereocenters. The highest BCUT2D eigenvalue weighted by molar-refractivity contribution is 6.03. The van der Waals surface area contributed by atoms with Gasteiger partial charge in [0.1, 0.15) is 0 Å². The molecule has 7 heteroatoms. The number of aryl methyl sites for hydroxylation is 1. The number of nitrogens with zero attached hydrogens (tertiary/aromatic N) is 3. The highest BCUT2D eigenvalue weighted by atomic mass is 16.5. The van der Waals surface area contributed by atoms with Crippen LogP contribution in [0.25, 0.3) is 11.7 Å². The van der Waals surface area contributed by atoms with E-state index in [1.165, 1.54) is 6.20 Å². The van der Waals surface area contributed by atoms with E-state index < -0.39 is 0 Å². The normalized spacial score (nSPS) is 10.4. The van der Waals surface area contributed by atoms with Crippen molar-refractivity contribution in [2.45, 2.75) is 6.92 Å². The Morgan fingerprint density at radius 1 is 1.25 bits per heavy atom. The molecule has 0 aliphatic heterocycles. The number of hydrogen-bond acceptors (Lipinski definition) is 6. The molecule has 0 unspecified atom stereocenters. The number of aromatic nitrogens is 3. The third-order valence-electron chi connectivity index (χ3n) is 2.57. The summed E-state index contributed by atoms with van der Waals surface area (Å²) in [7, 11) is 0. The van der Waals surface area contributed by atoms with Crippen LogP contribution in [-0.4, -0.2) is 21.3 Å². The van der Waals surface area contributed by atoms with Gasteiger partial charge in [0.15, 0.2) is 0 Å². The summed E-state index contributed by atoms with van der Waals surface area (Å²) in [6.45, 7) is 1.91. The van der Waals surface area contributed by atoms with Gasteiger partial charge in [-0.1, -0.05) is 28.0 Å². The first-order valence-electron chi connectivity index (χ1n) is 5.85. The van der Waals surface area contributed by atoms with Gasteiger partial charge in [0, 0.05) is 11.6 Å². The van der Waals surface area contributed by atoms with E-state index in [-0.39, 0.29) is 17.8 Å². The van der Waals surface area contributed by atoms with Crippen molar-refractivity contribution in [1.29, 1.82) is 0 Å². The Hall–Kier alpha value is -2.96. The molecule has 3 rings (SSSR count). The third-order valence-corrected chi connectivity index (χ3v) is 2.57. The van der Waals surface area contributed by atoms with E-state index in [0.29, 0.717) is 11.3 Å². The number of hydrogen-bond donors (Lipinski definition) is 1. The first kappa shape index (κ1) is 12.1. The molecule has 1 amide bonds. The molecule has 0 aliphatic rings. The van der Waals surface area contributed by atoms with Crippen LogP contribution in [-0.2, 0) is 0 Å². The van der Waals surface area contributed by atoms with Gasteiger partial charge in [0.05, 0.1) is 6.20 Å². The van der Waals surface area contributed by atoms with Gasteiger partial charge in [-0.3, -0.25) is 10.1 Å². The van der Waals surface area contributed by atoms with E-state index in [1.54, 1.807) is 24.3 Å². The van der Waals surface area contributed by atoms with E-state index in [1.807, 2.05) is 13.0 Å². The zero-order valence-corrected chi connectivity index (χ0v) is 10.5. The fraction of sp³-hybridized carbons (Fsp3) is 0.0769. The van der Waals surface area contributed by atoms with E-state index >= 15 is 0 Å². The van der Waals surface area contributed by atoms with Crippen LogP contribution in [0.15, 0.2) is 45.5 Å². The number of anilines is 1. The number of nitrogens with one attached hydrogen (secondary N) is 1. The molecule has 100 valence electrons. The average Bonchev–Trinajstić information content (AvgIpc) is 3.08. The molecule has 2 aromatic heterocycles. The second kappa shape index (κ2) is 4.96. The van der Waals surface area contributed by atoms with E-state index in [2.05, 4.69) is 20.7 Å². The molecule has 0 fully saturated rings.